The molecule has 0 saturated carbocycles. The third-order valence-electron chi connectivity index (χ3n) is 3.77. The monoisotopic (exact) mass is 337 g/mol. The van der Waals surface area contributed by atoms with E-state index < -0.39 is 0 Å². The summed E-state index contributed by atoms with van der Waals surface area (Å²) in [7, 11) is 0. The fraction of sp³-hybridized carbons (Fsp3) is 0.211. The van der Waals surface area contributed by atoms with Crippen LogP contribution in [-0.4, -0.2) is 22.7 Å². The number of benzene rings is 2. The number of anilines is 1. The molecular formula is C19H19N3O3. The first-order valence-electron chi connectivity index (χ1n) is 7.90. The second-order valence-corrected chi connectivity index (χ2v) is 5.88. The van der Waals surface area contributed by atoms with Crippen molar-refractivity contribution in [3.63, 3.8) is 0 Å². The number of ether oxygens (including phenoxy) is 1. The summed E-state index contributed by atoms with van der Waals surface area (Å²) >= 11 is 0. The largest absolute Gasteiger partial charge is 0.484 e. The number of amides is 1. The van der Waals surface area contributed by atoms with Gasteiger partial charge in [-0.1, -0.05) is 17.7 Å². The smallest absolute Gasteiger partial charge is 0.262 e. The maximum absolute atomic E-state index is 12.2. The lowest BCUT2D eigenvalue weighted by Crippen LogP contribution is -2.21. The first-order valence-corrected chi connectivity index (χ1v) is 7.90. The Morgan fingerprint density at radius 3 is 2.40 bits per heavy atom. The maximum atomic E-state index is 12.2. The van der Waals surface area contributed by atoms with Gasteiger partial charge in [0.05, 0.1) is 0 Å². The average molecular weight is 337 g/mol. The number of aromatic nitrogens is 2. The van der Waals surface area contributed by atoms with Crippen molar-refractivity contribution >= 4 is 11.6 Å². The van der Waals surface area contributed by atoms with Crippen molar-refractivity contribution < 1.29 is 13.9 Å². The molecule has 1 amide bonds. The van der Waals surface area contributed by atoms with E-state index in [4.69, 9.17) is 9.15 Å². The van der Waals surface area contributed by atoms with Crippen LogP contribution < -0.4 is 10.1 Å². The summed E-state index contributed by atoms with van der Waals surface area (Å²) in [4.78, 5) is 12.2. The Labute approximate surface area is 145 Å². The Hall–Kier alpha value is -3.15. The molecule has 6 heteroatoms. The minimum atomic E-state index is -0.198. The predicted octanol–water partition coefficient (Wildman–Crippen LogP) is 3.68. The van der Waals surface area contributed by atoms with E-state index in [-0.39, 0.29) is 12.5 Å². The minimum absolute atomic E-state index is 0.0628. The van der Waals surface area contributed by atoms with Gasteiger partial charge in [0.2, 0.25) is 12.3 Å². The number of carbonyl (C=O) groups is 1. The second-order valence-electron chi connectivity index (χ2n) is 5.88. The molecule has 3 rings (SSSR count). The van der Waals surface area contributed by atoms with Crippen LogP contribution in [0.4, 0.5) is 5.69 Å². The number of rotatable bonds is 5. The molecule has 1 N–H and O–H groups in total. The van der Waals surface area contributed by atoms with Crippen LogP contribution in [0.3, 0.4) is 0 Å². The highest BCUT2D eigenvalue weighted by Crippen LogP contribution is 2.22. The first kappa shape index (κ1) is 16.7. The number of nitrogens with one attached hydrogen (secondary N) is 1. The lowest BCUT2D eigenvalue weighted by Gasteiger charge is -2.13. The maximum Gasteiger partial charge on any atom is 0.262 e. The zero-order chi connectivity index (χ0) is 17.8. The van der Waals surface area contributed by atoms with Crippen LogP contribution >= 0.6 is 0 Å². The normalized spacial score (nSPS) is 10.5. The van der Waals surface area contributed by atoms with Crippen molar-refractivity contribution in [2.45, 2.75) is 20.8 Å². The highest BCUT2D eigenvalue weighted by Gasteiger charge is 2.09. The summed E-state index contributed by atoms with van der Waals surface area (Å²) in [5.74, 6) is 0.835. The number of aryl methyl sites for hydroxylation is 3. The second kappa shape index (κ2) is 7.17. The molecule has 0 unspecified atom stereocenters. The SMILES string of the molecule is Cc1cc(C)c(NC(=O)COc2ccc(-c3nnco3)cc2)c(C)c1. The van der Waals surface area contributed by atoms with E-state index in [2.05, 4.69) is 15.5 Å². The van der Waals surface area contributed by atoms with Crippen molar-refractivity contribution in [2.24, 2.45) is 0 Å². The third kappa shape index (κ3) is 4.03. The lowest BCUT2D eigenvalue weighted by atomic mass is 10.1. The summed E-state index contributed by atoms with van der Waals surface area (Å²) in [5.41, 5.74) is 4.88. The Morgan fingerprint density at radius 1 is 1.12 bits per heavy atom. The van der Waals surface area contributed by atoms with Crippen LogP contribution in [0.2, 0.25) is 0 Å². The predicted molar refractivity (Wildman–Crippen MR) is 94.5 cm³/mol. The van der Waals surface area contributed by atoms with Crippen LogP contribution in [0.25, 0.3) is 11.5 Å². The quantitative estimate of drug-likeness (QED) is 0.768. The first-order chi connectivity index (χ1) is 12.0. The van der Waals surface area contributed by atoms with Gasteiger partial charge in [0.1, 0.15) is 5.75 Å². The van der Waals surface area contributed by atoms with Gasteiger partial charge >= 0.3 is 0 Å². The van der Waals surface area contributed by atoms with Crippen LogP contribution in [0, 0.1) is 20.8 Å². The van der Waals surface area contributed by atoms with Crippen LogP contribution in [0.15, 0.2) is 47.2 Å². The fourth-order valence-corrected chi connectivity index (χ4v) is 2.69. The van der Waals surface area contributed by atoms with Crippen molar-refractivity contribution in [1.29, 1.82) is 0 Å². The molecule has 0 aliphatic rings. The zero-order valence-electron chi connectivity index (χ0n) is 14.4. The van der Waals surface area contributed by atoms with Gasteiger partial charge in [-0.25, -0.2) is 0 Å². The lowest BCUT2D eigenvalue weighted by molar-refractivity contribution is -0.118. The summed E-state index contributed by atoms with van der Waals surface area (Å²) in [6.45, 7) is 5.93. The molecule has 0 spiro atoms. The van der Waals surface area contributed by atoms with Gasteiger partial charge in [-0.2, -0.15) is 0 Å². The van der Waals surface area contributed by atoms with E-state index in [1.165, 1.54) is 12.0 Å². The van der Waals surface area contributed by atoms with Crippen LogP contribution in [0.1, 0.15) is 16.7 Å². The number of hydrogen-bond donors (Lipinski definition) is 1. The molecule has 2 aromatic carbocycles. The van der Waals surface area contributed by atoms with Gasteiger partial charge in [-0.3, -0.25) is 4.79 Å². The highest BCUT2D eigenvalue weighted by molar-refractivity contribution is 5.93. The van der Waals surface area contributed by atoms with E-state index in [9.17, 15) is 4.79 Å². The summed E-state index contributed by atoms with van der Waals surface area (Å²) in [5, 5.41) is 10.4. The standard InChI is InChI=1S/C19H19N3O3/c1-12-8-13(2)18(14(3)9-12)21-17(23)10-24-16-6-4-15(5-7-16)19-22-20-11-25-19/h4-9,11H,10H2,1-3H3,(H,21,23). The van der Waals surface area contributed by atoms with Gasteiger partial charge in [-0.05, 0) is 56.2 Å². The number of hydrogen-bond acceptors (Lipinski definition) is 5. The van der Waals surface area contributed by atoms with Crippen molar-refractivity contribution in [3.8, 4) is 17.2 Å². The summed E-state index contributed by atoms with van der Waals surface area (Å²) in [6.07, 6.45) is 1.28. The molecule has 128 valence electrons. The Morgan fingerprint density at radius 2 is 1.80 bits per heavy atom. The topological polar surface area (TPSA) is 77.2 Å². The molecular weight excluding hydrogens is 318 g/mol. The Bertz CT molecular complexity index is 848. The molecule has 0 radical (unpaired) electrons. The fourth-order valence-electron chi connectivity index (χ4n) is 2.69. The summed E-state index contributed by atoms with van der Waals surface area (Å²) < 4.78 is 10.7. The molecule has 0 aliphatic carbocycles. The van der Waals surface area contributed by atoms with Gasteiger partial charge in [0.15, 0.2) is 6.61 Å². The molecule has 0 fully saturated rings. The molecule has 3 aromatic rings. The van der Waals surface area contributed by atoms with Crippen LogP contribution in [-0.2, 0) is 4.79 Å². The average Bonchev–Trinajstić information content (AvgIpc) is 3.11. The van der Waals surface area contributed by atoms with Crippen molar-refractivity contribution in [3.05, 3.63) is 59.5 Å². The molecule has 1 heterocycles. The third-order valence-corrected chi connectivity index (χ3v) is 3.77. The van der Waals surface area contributed by atoms with Crippen molar-refractivity contribution in [2.75, 3.05) is 11.9 Å². The number of carbonyl (C=O) groups excluding carboxylic acids is 1. The van der Waals surface area contributed by atoms with E-state index in [1.54, 1.807) is 24.3 Å². The Balaban J connectivity index is 1.59. The van der Waals surface area contributed by atoms with E-state index >= 15 is 0 Å². The molecule has 0 aliphatic heterocycles. The van der Waals surface area contributed by atoms with Gasteiger partial charge in [-0.15, -0.1) is 10.2 Å². The molecule has 0 atom stereocenters. The van der Waals surface area contributed by atoms with Gasteiger partial charge in [0, 0.05) is 11.3 Å². The summed E-state index contributed by atoms with van der Waals surface area (Å²) in [6, 6.07) is 11.2. The number of nitrogens with zero attached hydrogens (tertiary/aromatic N) is 2. The van der Waals surface area contributed by atoms with E-state index in [0.29, 0.717) is 11.6 Å². The van der Waals surface area contributed by atoms with E-state index in [0.717, 1.165) is 22.4 Å². The Kier molecular flexibility index (Phi) is 4.79. The van der Waals surface area contributed by atoms with Gasteiger partial charge < -0.3 is 14.5 Å². The molecule has 6 nitrogen and oxygen atoms in total. The minimum Gasteiger partial charge on any atom is -0.484 e. The molecule has 0 saturated heterocycles. The molecule has 0 bridgehead atoms. The molecule has 1 aromatic heterocycles. The van der Waals surface area contributed by atoms with Gasteiger partial charge in [0.25, 0.3) is 5.91 Å². The zero-order valence-corrected chi connectivity index (χ0v) is 14.4. The molecule has 25 heavy (non-hydrogen) atoms. The highest BCUT2D eigenvalue weighted by atomic mass is 16.5. The van der Waals surface area contributed by atoms with E-state index in [1.807, 2.05) is 32.9 Å². The van der Waals surface area contributed by atoms with Crippen LogP contribution in [0.5, 0.6) is 5.75 Å². The van der Waals surface area contributed by atoms with Crippen molar-refractivity contribution in [1.82, 2.24) is 10.2 Å².